The summed E-state index contributed by atoms with van der Waals surface area (Å²) in [4.78, 5) is 0. The third-order valence-corrected chi connectivity index (χ3v) is 11.8. The summed E-state index contributed by atoms with van der Waals surface area (Å²) in [6.45, 7) is 0. The normalized spacial score (nSPS) is 12.6. The molecule has 0 spiro atoms. The Hall–Kier alpha value is -7.90. The van der Waals surface area contributed by atoms with Gasteiger partial charge < -0.3 is 31.4 Å². The van der Waals surface area contributed by atoms with E-state index < -0.39 is 0 Å². The van der Waals surface area contributed by atoms with Crippen molar-refractivity contribution in [3.05, 3.63) is 164 Å². The van der Waals surface area contributed by atoms with Gasteiger partial charge in [0.05, 0.1) is 11.0 Å². The Bertz CT molecular complexity index is 3580. The molecule has 0 amide bonds. The van der Waals surface area contributed by atoms with E-state index in [2.05, 4.69) is 129 Å². The summed E-state index contributed by atoms with van der Waals surface area (Å²) in [6, 6.07) is 57.1. The lowest BCUT2D eigenvalue weighted by atomic mass is 10.1. The summed E-state index contributed by atoms with van der Waals surface area (Å²) in [5.41, 5.74) is 15.6. The van der Waals surface area contributed by atoms with Crippen LogP contribution in [-0.4, -0.2) is 13.7 Å². The molecule has 0 fully saturated rings. The van der Waals surface area contributed by atoms with Gasteiger partial charge in [0.1, 0.15) is 44.4 Å². The first-order valence-corrected chi connectivity index (χ1v) is 19.1. The highest BCUT2D eigenvalue weighted by molar-refractivity contribution is 6.22. The van der Waals surface area contributed by atoms with Crippen LogP contribution in [0.1, 0.15) is 0 Å². The van der Waals surface area contributed by atoms with Crippen molar-refractivity contribution < 1.29 is 17.7 Å². The van der Waals surface area contributed by atoms with Crippen LogP contribution in [0.2, 0.25) is 0 Å². The Kier molecular flexibility index (Phi) is 5.40. The molecule has 7 nitrogen and oxygen atoms in total. The first-order valence-electron chi connectivity index (χ1n) is 19.1. The molecule has 7 heteroatoms. The number of benzene rings is 7. The molecule has 0 N–H and O–H groups in total. The summed E-state index contributed by atoms with van der Waals surface area (Å²) in [7, 11) is 0. The van der Waals surface area contributed by atoms with E-state index in [1.807, 2.05) is 48.5 Å². The standard InChI is InChI=1S/C50H27N3O4/c1-2-12-28(13-3-1)51-37-24-22-29(52-43-31-14-4-8-18-39(31)54-47(43)48-44(52)32-15-5-9-19-40(32)55-48)26-35(37)36-27-30(23-25-38(36)51)53-45-33-16-6-10-20-41(33)56-49(45)50-46(53)34-17-7-11-21-42(34)57-50/h1-27H. The van der Waals surface area contributed by atoms with E-state index in [1.54, 1.807) is 0 Å². The highest BCUT2D eigenvalue weighted by atomic mass is 16.4. The Labute approximate surface area is 321 Å². The number of fused-ring (bicyclic) bond motifs is 17. The van der Waals surface area contributed by atoms with Gasteiger partial charge in [-0.05, 0) is 97.1 Å². The molecule has 0 unspecified atom stereocenters. The number of aromatic nitrogens is 3. The second-order valence-electron chi connectivity index (χ2n) is 14.8. The minimum Gasteiger partial charge on any atom is -0.450 e. The molecule has 0 aliphatic heterocycles. The SMILES string of the molecule is c1ccc(-n2c3ccc(-n4c5c6ccccc6oc5c5oc6ccccc6c54)cc3c3cc(-n4c5c6ccccc6oc5c5oc6ccccc6c54)ccc32)cc1. The predicted molar refractivity (Wildman–Crippen MR) is 229 cm³/mol. The van der Waals surface area contributed by atoms with Gasteiger partial charge in [0.2, 0.25) is 0 Å². The fourth-order valence-corrected chi connectivity index (χ4v) is 9.50. The molecule has 0 radical (unpaired) electrons. The van der Waals surface area contributed by atoms with E-state index in [0.29, 0.717) is 0 Å². The zero-order valence-corrected chi connectivity index (χ0v) is 30.1. The van der Waals surface area contributed by atoms with Gasteiger partial charge in [-0.25, -0.2) is 0 Å². The van der Waals surface area contributed by atoms with Crippen molar-refractivity contribution >= 4 is 110 Å². The van der Waals surface area contributed by atoms with Crippen LogP contribution < -0.4 is 0 Å². The van der Waals surface area contributed by atoms with Crippen molar-refractivity contribution in [3.8, 4) is 17.1 Å². The third-order valence-electron chi connectivity index (χ3n) is 11.8. The van der Waals surface area contributed by atoms with Crippen LogP contribution in [0.15, 0.2) is 181 Å². The maximum Gasteiger partial charge on any atom is 0.196 e. The summed E-state index contributed by atoms with van der Waals surface area (Å²) < 4.78 is 33.2. The fraction of sp³-hybridized carbons (Fsp3) is 0. The second kappa shape index (κ2) is 10.4. The van der Waals surface area contributed by atoms with Crippen molar-refractivity contribution in [3.63, 3.8) is 0 Å². The third kappa shape index (κ3) is 3.71. The van der Waals surface area contributed by atoms with Gasteiger partial charge in [-0.2, -0.15) is 0 Å². The van der Waals surface area contributed by atoms with E-state index in [9.17, 15) is 0 Å². The van der Waals surface area contributed by atoms with Gasteiger partial charge in [-0.3, -0.25) is 0 Å². The van der Waals surface area contributed by atoms with Crippen molar-refractivity contribution in [2.45, 2.75) is 0 Å². The van der Waals surface area contributed by atoms with Crippen LogP contribution in [-0.2, 0) is 0 Å². The monoisotopic (exact) mass is 733 g/mol. The molecule has 7 aromatic carbocycles. The largest absolute Gasteiger partial charge is 0.450 e. The van der Waals surface area contributed by atoms with Crippen LogP contribution in [0.25, 0.3) is 127 Å². The smallest absolute Gasteiger partial charge is 0.196 e. The molecule has 7 heterocycles. The molecule has 0 aliphatic carbocycles. The number of para-hydroxylation sites is 5. The Morgan fingerprint density at radius 1 is 0.263 bits per heavy atom. The quantitative estimate of drug-likeness (QED) is 0.181. The van der Waals surface area contributed by atoms with Gasteiger partial charge in [-0.15, -0.1) is 0 Å². The van der Waals surface area contributed by atoms with Gasteiger partial charge in [0, 0.05) is 49.4 Å². The zero-order chi connectivity index (χ0) is 36.9. The Morgan fingerprint density at radius 3 is 0.965 bits per heavy atom. The molecule has 0 aliphatic rings. The lowest BCUT2D eigenvalue weighted by Gasteiger charge is -2.10. The van der Waals surface area contributed by atoms with E-state index in [0.717, 1.165) is 127 Å². The maximum atomic E-state index is 6.56. The number of rotatable bonds is 3. The Balaban J connectivity index is 1.12. The van der Waals surface area contributed by atoms with Gasteiger partial charge in [0.25, 0.3) is 0 Å². The van der Waals surface area contributed by atoms with Crippen LogP contribution in [0.4, 0.5) is 0 Å². The average molecular weight is 734 g/mol. The minimum absolute atomic E-state index is 0.747. The molecule has 0 saturated carbocycles. The summed E-state index contributed by atoms with van der Waals surface area (Å²) >= 11 is 0. The van der Waals surface area contributed by atoms with E-state index >= 15 is 0 Å². The first-order chi connectivity index (χ1) is 28.3. The van der Waals surface area contributed by atoms with Gasteiger partial charge in [-0.1, -0.05) is 66.7 Å². The molecular weight excluding hydrogens is 707 g/mol. The molecule has 0 bridgehead atoms. The van der Waals surface area contributed by atoms with Gasteiger partial charge >= 0.3 is 0 Å². The average Bonchev–Trinajstić information content (AvgIpc) is 4.12. The number of hydrogen-bond acceptors (Lipinski definition) is 4. The summed E-state index contributed by atoms with van der Waals surface area (Å²) in [5.74, 6) is 0. The second-order valence-corrected chi connectivity index (χ2v) is 14.8. The maximum absolute atomic E-state index is 6.56. The van der Waals surface area contributed by atoms with E-state index in [1.165, 1.54) is 0 Å². The molecule has 57 heavy (non-hydrogen) atoms. The first kappa shape index (κ1) is 29.5. The van der Waals surface area contributed by atoms with E-state index in [-0.39, 0.29) is 0 Å². The molecule has 14 rings (SSSR count). The molecular formula is C50H27N3O4. The Morgan fingerprint density at radius 2 is 0.596 bits per heavy atom. The van der Waals surface area contributed by atoms with Crippen molar-refractivity contribution in [2.75, 3.05) is 0 Å². The van der Waals surface area contributed by atoms with Crippen LogP contribution >= 0.6 is 0 Å². The van der Waals surface area contributed by atoms with Crippen molar-refractivity contribution in [2.24, 2.45) is 0 Å². The molecule has 14 aromatic rings. The molecule has 0 saturated heterocycles. The number of hydrogen-bond donors (Lipinski definition) is 0. The summed E-state index contributed by atoms with van der Waals surface area (Å²) in [5, 5.41) is 6.40. The fourth-order valence-electron chi connectivity index (χ4n) is 9.50. The zero-order valence-electron chi connectivity index (χ0n) is 30.1. The number of nitrogens with zero attached hydrogens (tertiary/aromatic N) is 3. The molecule has 0 atom stereocenters. The van der Waals surface area contributed by atoms with Crippen molar-refractivity contribution in [1.29, 1.82) is 0 Å². The lowest BCUT2D eigenvalue weighted by Crippen LogP contribution is -1.96. The number of furan rings is 4. The summed E-state index contributed by atoms with van der Waals surface area (Å²) in [6.07, 6.45) is 0. The van der Waals surface area contributed by atoms with Crippen LogP contribution in [0.3, 0.4) is 0 Å². The van der Waals surface area contributed by atoms with E-state index in [4.69, 9.17) is 17.7 Å². The van der Waals surface area contributed by atoms with Crippen LogP contribution in [0.5, 0.6) is 0 Å². The molecule has 7 aromatic heterocycles. The highest BCUT2D eigenvalue weighted by Gasteiger charge is 2.27. The van der Waals surface area contributed by atoms with Crippen LogP contribution in [0, 0.1) is 0 Å². The molecule has 266 valence electrons. The topological polar surface area (TPSA) is 67.3 Å². The van der Waals surface area contributed by atoms with Crippen molar-refractivity contribution in [1.82, 2.24) is 13.7 Å². The lowest BCUT2D eigenvalue weighted by molar-refractivity contribution is 0.634. The highest BCUT2D eigenvalue weighted by Crippen LogP contribution is 2.46. The predicted octanol–water partition coefficient (Wildman–Crippen LogP) is 14.0. The van der Waals surface area contributed by atoms with Gasteiger partial charge in [0.15, 0.2) is 22.3 Å². The minimum atomic E-state index is 0.747.